The average molecular weight is 376 g/mol. The summed E-state index contributed by atoms with van der Waals surface area (Å²) in [6.45, 7) is 0.323. The summed E-state index contributed by atoms with van der Waals surface area (Å²) < 4.78 is 5.18. The number of aryl methyl sites for hydroxylation is 1. The Morgan fingerprint density at radius 3 is 2.80 bits per heavy atom. The molecule has 0 spiro atoms. The van der Waals surface area contributed by atoms with Gasteiger partial charge in [0.1, 0.15) is 0 Å². The predicted octanol–water partition coefficient (Wildman–Crippen LogP) is 3.69. The molecule has 1 aromatic carbocycles. The van der Waals surface area contributed by atoms with Gasteiger partial charge in [-0.2, -0.15) is 0 Å². The highest BCUT2D eigenvalue weighted by Crippen LogP contribution is 2.30. The number of rotatable bonds is 7. The number of nitrogens with one attached hydrogen (secondary N) is 1. The number of ether oxygens (including phenoxy) is 1. The van der Waals surface area contributed by atoms with Gasteiger partial charge in [0.25, 0.3) is 5.91 Å². The van der Waals surface area contributed by atoms with Crippen LogP contribution < -0.4 is 5.32 Å². The molecule has 0 radical (unpaired) electrons. The van der Waals surface area contributed by atoms with Crippen LogP contribution in [0.1, 0.15) is 33.6 Å². The number of benzene rings is 1. The minimum atomic E-state index is -0.381. The number of carbonyl (C=O) groups is 2. The number of esters is 1. The van der Waals surface area contributed by atoms with E-state index in [2.05, 4.69) is 5.32 Å². The van der Waals surface area contributed by atoms with Crippen molar-refractivity contribution in [2.45, 2.75) is 30.6 Å². The summed E-state index contributed by atoms with van der Waals surface area (Å²) in [5.41, 5.74) is 1.77. The van der Waals surface area contributed by atoms with E-state index in [9.17, 15) is 9.59 Å². The lowest BCUT2D eigenvalue weighted by atomic mass is 9.96. The van der Waals surface area contributed by atoms with Gasteiger partial charge in [0.2, 0.25) is 0 Å². The topological polar surface area (TPSA) is 55.4 Å². The lowest BCUT2D eigenvalue weighted by molar-refractivity contribution is -0.124. The number of hydrogen-bond donors (Lipinski definition) is 1. The van der Waals surface area contributed by atoms with Crippen LogP contribution in [0.4, 0.5) is 0 Å². The highest BCUT2D eigenvalue weighted by molar-refractivity contribution is 7.99. The molecular weight excluding hydrogens is 354 g/mol. The maximum atomic E-state index is 12.2. The third-order valence-electron chi connectivity index (χ3n) is 4.05. The molecule has 6 heteroatoms. The summed E-state index contributed by atoms with van der Waals surface area (Å²) in [7, 11) is 0. The monoisotopic (exact) mass is 375 g/mol. The van der Waals surface area contributed by atoms with Crippen LogP contribution in [-0.2, 0) is 22.4 Å². The lowest BCUT2D eigenvalue weighted by Crippen LogP contribution is -2.30. The van der Waals surface area contributed by atoms with Crippen LogP contribution in [0.5, 0.6) is 0 Å². The Hall–Kier alpha value is -1.79. The van der Waals surface area contributed by atoms with Gasteiger partial charge in [-0.05, 0) is 43.4 Å². The van der Waals surface area contributed by atoms with Crippen molar-refractivity contribution in [2.75, 3.05) is 18.9 Å². The molecule has 0 atom stereocenters. The number of thioether (sulfide) groups is 1. The molecule has 1 aliphatic carbocycles. The summed E-state index contributed by atoms with van der Waals surface area (Å²) in [6, 6.07) is 10.0. The van der Waals surface area contributed by atoms with Crippen LogP contribution >= 0.6 is 23.1 Å². The van der Waals surface area contributed by atoms with Gasteiger partial charge in [0, 0.05) is 27.5 Å². The fourth-order valence-corrected chi connectivity index (χ4v) is 4.71. The van der Waals surface area contributed by atoms with Crippen molar-refractivity contribution in [1.82, 2.24) is 5.32 Å². The first-order valence-corrected chi connectivity index (χ1v) is 10.3. The van der Waals surface area contributed by atoms with Gasteiger partial charge in [-0.15, -0.1) is 23.1 Å². The van der Waals surface area contributed by atoms with E-state index in [-0.39, 0.29) is 18.5 Å². The molecule has 1 aliphatic rings. The second-order valence-corrected chi connectivity index (χ2v) is 7.98. The first kappa shape index (κ1) is 18.0. The molecule has 0 saturated carbocycles. The zero-order chi connectivity index (χ0) is 17.5. The highest BCUT2D eigenvalue weighted by Gasteiger charge is 2.21. The second kappa shape index (κ2) is 9.06. The molecule has 2 aromatic rings. The largest absolute Gasteiger partial charge is 0.452 e. The Balaban J connectivity index is 1.37. The number of thiophene rings is 1. The minimum Gasteiger partial charge on any atom is -0.452 e. The van der Waals surface area contributed by atoms with Crippen molar-refractivity contribution >= 4 is 35.0 Å². The van der Waals surface area contributed by atoms with E-state index in [1.165, 1.54) is 16.2 Å². The fourth-order valence-electron chi connectivity index (χ4n) is 2.80. The molecule has 1 amide bonds. The normalized spacial score (nSPS) is 13.1. The SMILES string of the molecule is O=C(COC(=O)c1csc2c1CCCC2)NCCSc1ccccc1. The lowest BCUT2D eigenvalue weighted by Gasteiger charge is -2.12. The molecule has 132 valence electrons. The van der Waals surface area contributed by atoms with E-state index in [1.54, 1.807) is 23.1 Å². The molecule has 0 fully saturated rings. The Kier molecular flexibility index (Phi) is 6.53. The molecule has 4 nitrogen and oxygen atoms in total. The van der Waals surface area contributed by atoms with Crippen molar-refractivity contribution in [2.24, 2.45) is 0 Å². The standard InChI is InChI=1S/C19H21NO3S2/c21-18(20-10-11-24-14-6-2-1-3-7-14)12-23-19(22)16-13-25-17-9-5-4-8-15(16)17/h1-3,6-7,13H,4-5,8-12H2,(H,20,21). The first-order valence-electron chi connectivity index (χ1n) is 8.45. The van der Waals surface area contributed by atoms with Crippen molar-refractivity contribution in [3.8, 4) is 0 Å². The molecule has 1 aromatic heterocycles. The highest BCUT2D eigenvalue weighted by atomic mass is 32.2. The van der Waals surface area contributed by atoms with Crippen LogP contribution in [0.25, 0.3) is 0 Å². The zero-order valence-electron chi connectivity index (χ0n) is 14.0. The minimum absolute atomic E-state index is 0.223. The van der Waals surface area contributed by atoms with E-state index in [1.807, 2.05) is 35.7 Å². The Morgan fingerprint density at radius 2 is 1.96 bits per heavy atom. The summed E-state index contributed by atoms with van der Waals surface area (Å²) in [4.78, 5) is 26.5. The Morgan fingerprint density at radius 1 is 1.16 bits per heavy atom. The van der Waals surface area contributed by atoms with Crippen molar-refractivity contribution < 1.29 is 14.3 Å². The van der Waals surface area contributed by atoms with Crippen LogP contribution in [0.2, 0.25) is 0 Å². The third-order valence-corrected chi connectivity index (χ3v) is 6.15. The second-order valence-electron chi connectivity index (χ2n) is 5.85. The van der Waals surface area contributed by atoms with Crippen molar-refractivity contribution in [3.05, 3.63) is 51.7 Å². The summed E-state index contributed by atoms with van der Waals surface area (Å²) in [5.74, 6) is 0.140. The van der Waals surface area contributed by atoms with Gasteiger partial charge in [-0.1, -0.05) is 18.2 Å². The predicted molar refractivity (Wildman–Crippen MR) is 101 cm³/mol. The van der Waals surface area contributed by atoms with E-state index in [0.717, 1.165) is 30.6 Å². The van der Waals surface area contributed by atoms with Gasteiger partial charge in [0.15, 0.2) is 6.61 Å². The molecule has 0 aliphatic heterocycles. The van der Waals surface area contributed by atoms with Crippen LogP contribution in [-0.4, -0.2) is 30.8 Å². The number of carbonyl (C=O) groups excluding carboxylic acids is 2. The van der Waals surface area contributed by atoms with Crippen molar-refractivity contribution in [3.63, 3.8) is 0 Å². The summed E-state index contributed by atoms with van der Waals surface area (Å²) >= 11 is 3.30. The molecule has 3 rings (SSSR count). The van der Waals surface area contributed by atoms with Gasteiger partial charge >= 0.3 is 5.97 Å². The summed E-state index contributed by atoms with van der Waals surface area (Å²) in [6.07, 6.45) is 4.29. The number of hydrogen-bond acceptors (Lipinski definition) is 5. The van der Waals surface area contributed by atoms with Crippen molar-refractivity contribution in [1.29, 1.82) is 0 Å². The molecule has 0 bridgehead atoms. The molecule has 1 heterocycles. The fraction of sp³-hybridized carbons (Fsp3) is 0.368. The Bertz CT molecular complexity index is 728. The Labute approximate surface area is 156 Å². The van der Waals surface area contributed by atoms with Gasteiger partial charge in [-0.3, -0.25) is 4.79 Å². The molecule has 25 heavy (non-hydrogen) atoms. The third kappa shape index (κ3) is 5.09. The van der Waals surface area contributed by atoms with Gasteiger partial charge in [0.05, 0.1) is 5.56 Å². The van der Waals surface area contributed by atoms with Crippen LogP contribution in [0, 0.1) is 0 Å². The summed E-state index contributed by atoms with van der Waals surface area (Å²) in [5, 5.41) is 4.65. The molecule has 0 saturated heterocycles. The number of amides is 1. The molecule has 0 unspecified atom stereocenters. The van der Waals surface area contributed by atoms with Gasteiger partial charge < -0.3 is 10.1 Å². The van der Waals surface area contributed by atoms with E-state index in [4.69, 9.17) is 4.74 Å². The zero-order valence-corrected chi connectivity index (χ0v) is 15.6. The van der Waals surface area contributed by atoms with Crippen LogP contribution in [0.3, 0.4) is 0 Å². The van der Waals surface area contributed by atoms with E-state index < -0.39 is 0 Å². The molecular formula is C19H21NO3S2. The maximum Gasteiger partial charge on any atom is 0.339 e. The maximum absolute atomic E-state index is 12.2. The number of fused-ring (bicyclic) bond motifs is 1. The quantitative estimate of drug-likeness (QED) is 0.456. The molecule has 1 N–H and O–H groups in total. The van der Waals surface area contributed by atoms with E-state index in [0.29, 0.717) is 12.1 Å². The average Bonchev–Trinajstić information content (AvgIpc) is 3.08. The van der Waals surface area contributed by atoms with Gasteiger partial charge in [-0.25, -0.2) is 4.79 Å². The smallest absolute Gasteiger partial charge is 0.339 e. The van der Waals surface area contributed by atoms with E-state index >= 15 is 0 Å². The first-order chi connectivity index (χ1) is 12.2. The van der Waals surface area contributed by atoms with Crippen LogP contribution in [0.15, 0.2) is 40.6 Å².